The van der Waals surface area contributed by atoms with E-state index < -0.39 is 17.3 Å². The van der Waals surface area contributed by atoms with Gasteiger partial charge < -0.3 is 15.2 Å². The number of nitrogens with zero attached hydrogens (tertiary/aromatic N) is 2. The maximum atomic E-state index is 13.9. The van der Waals surface area contributed by atoms with Crippen molar-refractivity contribution in [2.75, 3.05) is 11.9 Å². The maximum Gasteiger partial charge on any atom is 0.420 e. The summed E-state index contributed by atoms with van der Waals surface area (Å²) >= 11 is 3.47. The standard InChI is InChI=1S/C25H29BrFN3O3/c1-24(2,3)33-23(31)30-21-9-8-17(26)14-20(21)29-22(30)16-10-12-25(32,13-11-16)15-28-19-7-5-4-6-18(19)27/h4-9,14,16,28,32H,10-13,15H2,1-3H3. The molecule has 1 saturated carbocycles. The predicted octanol–water partition coefficient (Wildman–Crippen LogP) is 6.22. The number of hydrogen-bond acceptors (Lipinski definition) is 5. The number of para-hydroxylation sites is 1. The third kappa shape index (κ3) is 5.38. The first-order chi connectivity index (χ1) is 15.5. The van der Waals surface area contributed by atoms with Gasteiger partial charge in [-0.1, -0.05) is 28.1 Å². The van der Waals surface area contributed by atoms with Crippen molar-refractivity contribution in [2.45, 2.75) is 63.6 Å². The number of fused-ring (bicyclic) bond motifs is 1. The summed E-state index contributed by atoms with van der Waals surface area (Å²) in [6.07, 6.45) is 1.89. The van der Waals surface area contributed by atoms with Crippen LogP contribution in [0, 0.1) is 5.82 Å². The first kappa shape index (κ1) is 23.7. The van der Waals surface area contributed by atoms with Crippen molar-refractivity contribution in [3.8, 4) is 0 Å². The summed E-state index contributed by atoms with van der Waals surface area (Å²) in [5.74, 6) is 0.311. The van der Waals surface area contributed by atoms with Gasteiger partial charge in [0.05, 0.1) is 22.3 Å². The molecule has 0 unspecified atom stereocenters. The number of benzene rings is 2. The van der Waals surface area contributed by atoms with E-state index in [1.54, 1.807) is 22.8 Å². The van der Waals surface area contributed by atoms with Crippen LogP contribution in [0.3, 0.4) is 0 Å². The monoisotopic (exact) mass is 517 g/mol. The van der Waals surface area contributed by atoms with Gasteiger partial charge in [-0.2, -0.15) is 0 Å². The van der Waals surface area contributed by atoms with E-state index in [0.29, 0.717) is 48.2 Å². The summed E-state index contributed by atoms with van der Waals surface area (Å²) in [6, 6.07) is 12.1. The van der Waals surface area contributed by atoms with E-state index in [-0.39, 0.29) is 18.3 Å². The topological polar surface area (TPSA) is 76.4 Å². The number of aromatic nitrogens is 2. The van der Waals surface area contributed by atoms with Crippen LogP contribution in [-0.2, 0) is 4.74 Å². The minimum absolute atomic E-state index is 0.00238. The average molecular weight is 518 g/mol. The molecule has 1 aliphatic rings. The molecule has 3 aromatic rings. The molecule has 0 amide bonds. The molecule has 1 aromatic heterocycles. The van der Waals surface area contributed by atoms with Gasteiger partial charge >= 0.3 is 6.09 Å². The number of nitrogens with one attached hydrogen (secondary N) is 1. The molecule has 0 radical (unpaired) electrons. The van der Waals surface area contributed by atoms with Crippen LogP contribution >= 0.6 is 15.9 Å². The maximum absolute atomic E-state index is 13.9. The molecule has 1 aliphatic carbocycles. The molecule has 1 fully saturated rings. The summed E-state index contributed by atoms with van der Waals surface area (Å²) < 4.78 is 22.0. The number of halogens is 2. The second-order valence-electron chi connectivity index (χ2n) is 9.75. The minimum atomic E-state index is -0.954. The fourth-order valence-electron chi connectivity index (χ4n) is 4.30. The Morgan fingerprint density at radius 3 is 2.64 bits per heavy atom. The molecular weight excluding hydrogens is 489 g/mol. The zero-order chi connectivity index (χ0) is 23.8. The highest BCUT2D eigenvalue weighted by Gasteiger charge is 2.37. The van der Waals surface area contributed by atoms with Crippen LogP contribution in [-0.4, -0.2) is 38.5 Å². The van der Waals surface area contributed by atoms with Gasteiger partial charge in [-0.3, -0.25) is 0 Å². The highest BCUT2D eigenvalue weighted by atomic mass is 79.9. The molecule has 6 nitrogen and oxygen atoms in total. The molecule has 4 rings (SSSR count). The van der Waals surface area contributed by atoms with Gasteiger partial charge in [0.15, 0.2) is 0 Å². The van der Waals surface area contributed by atoms with Crippen LogP contribution in [0.15, 0.2) is 46.9 Å². The third-order valence-corrected chi connectivity index (χ3v) is 6.47. The predicted molar refractivity (Wildman–Crippen MR) is 130 cm³/mol. The SMILES string of the molecule is CC(C)(C)OC(=O)n1c(C2CCC(O)(CNc3ccccc3F)CC2)nc2cc(Br)ccc21. The average Bonchev–Trinajstić information content (AvgIpc) is 3.11. The first-order valence-electron chi connectivity index (χ1n) is 11.2. The van der Waals surface area contributed by atoms with Gasteiger partial charge in [-0.15, -0.1) is 0 Å². The van der Waals surface area contributed by atoms with E-state index >= 15 is 0 Å². The Kier molecular flexibility index (Phi) is 6.51. The van der Waals surface area contributed by atoms with Crippen molar-refractivity contribution in [3.05, 3.63) is 58.6 Å². The van der Waals surface area contributed by atoms with Crippen LogP contribution in [0.4, 0.5) is 14.9 Å². The van der Waals surface area contributed by atoms with Crippen molar-refractivity contribution in [2.24, 2.45) is 0 Å². The molecule has 33 heavy (non-hydrogen) atoms. The molecular formula is C25H29BrFN3O3. The van der Waals surface area contributed by atoms with Gasteiger partial charge in [0.25, 0.3) is 0 Å². The number of carbonyl (C=O) groups excluding carboxylic acids is 1. The normalized spacial score (nSPS) is 21.2. The number of aliphatic hydroxyl groups is 1. The lowest BCUT2D eigenvalue weighted by Crippen LogP contribution is -2.41. The van der Waals surface area contributed by atoms with Crippen molar-refractivity contribution in [1.29, 1.82) is 0 Å². The zero-order valence-electron chi connectivity index (χ0n) is 19.1. The van der Waals surface area contributed by atoms with E-state index in [9.17, 15) is 14.3 Å². The number of carbonyl (C=O) groups is 1. The van der Waals surface area contributed by atoms with Gasteiger partial charge in [-0.05, 0) is 76.8 Å². The molecule has 0 atom stereocenters. The smallest absolute Gasteiger partial charge is 0.420 e. The van der Waals surface area contributed by atoms with Crippen LogP contribution in [0.5, 0.6) is 0 Å². The van der Waals surface area contributed by atoms with Crippen molar-refractivity contribution in [3.63, 3.8) is 0 Å². The number of anilines is 1. The Bertz CT molecular complexity index is 1160. The van der Waals surface area contributed by atoms with Crippen molar-refractivity contribution >= 4 is 38.7 Å². The summed E-state index contributed by atoms with van der Waals surface area (Å²) in [5.41, 5.74) is 0.206. The number of ether oxygens (including phenoxy) is 1. The summed E-state index contributed by atoms with van der Waals surface area (Å²) in [5, 5.41) is 14.1. The van der Waals surface area contributed by atoms with E-state index in [4.69, 9.17) is 9.72 Å². The van der Waals surface area contributed by atoms with Gasteiger partial charge in [-0.25, -0.2) is 18.7 Å². The second-order valence-corrected chi connectivity index (χ2v) is 10.7. The van der Waals surface area contributed by atoms with Crippen LogP contribution in [0.2, 0.25) is 0 Å². The van der Waals surface area contributed by atoms with Gasteiger partial charge in [0, 0.05) is 16.9 Å². The summed E-state index contributed by atoms with van der Waals surface area (Å²) in [6.45, 7) is 5.77. The number of rotatable bonds is 4. The lowest BCUT2D eigenvalue weighted by molar-refractivity contribution is 0.0103. The van der Waals surface area contributed by atoms with Crippen molar-refractivity contribution < 1.29 is 19.0 Å². The first-order valence-corrected chi connectivity index (χ1v) is 12.0. The molecule has 176 valence electrons. The molecule has 0 aliphatic heterocycles. The molecule has 0 spiro atoms. The molecule has 2 aromatic carbocycles. The molecule has 0 bridgehead atoms. The molecule has 0 saturated heterocycles. The summed E-state index contributed by atoms with van der Waals surface area (Å²) in [4.78, 5) is 17.9. The highest BCUT2D eigenvalue weighted by molar-refractivity contribution is 9.10. The molecule has 1 heterocycles. The fraction of sp³-hybridized carbons (Fsp3) is 0.440. The number of imidazole rings is 1. The van der Waals surface area contributed by atoms with Crippen LogP contribution in [0.1, 0.15) is 58.2 Å². The van der Waals surface area contributed by atoms with E-state index in [1.165, 1.54) is 6.07 Å². The largest absolute Gasteiger partial charge is 0.443 e. The van der Waals surface area contributed by atoms with Crippen LogP contribution in [0.25, 0.3) is 11.0 Å². The van der Waals surface area contributed by atoms with Gasteiger partial charge in [0.2, 0.25) is 0 Å². The van der Waals surface area contributed by atoms with Crippen molar-refractivity contribution in [1.82, 2.24) is 9.55 Å². The van der Waals surface area contributed by atoms with Gasteiger partial charge in [0.1, 0.15) is 17.2 Å². The zero-order valence-corrected chi connectivity index (χ0v) is 20.7. The minimum Gasteiger partial charge on any atom is -0.443 e. The quantitative estimate of drug-likeness (QED) is 0.429. The number of hydrogen-bond donors (Lipinski definition) is 2. The Labute approximate surface area is 201 Å². The fourth-order valence-corrected chi connectivity index (χ4v) is 4.65. The van der Waals surface area contributed by atoms with E-state index in [0.717, 1.165) is 4.47 Å². The van der Waals surface area contributed by atoms with E-state index in [2.05, 4.69) is 21.2 Å². The molecule has 8 heteroatoms. The highest BCUT2D eigenvalue weighted by Crippen LogP contribution is 2.39. The lowest BCUT2D eigenvalue weighted by Gasteiger charge is -2.36. The van der Waals surface area contributed by atoms with Crippen LogP contribution < -0.4 is 5.32 Å². The van der Waals surface area contributed by atoms with E-state index in [1.807, 2.05) is 39.0 Å². The second kappa shape index (κ2) is 9.06. The lowest BCUT2D eigenvalue weighted by atomic mass is 9.78. The third-order valence-electron chi connectivity index (χ3n) is 5.98. The Hall–Kier alpha value is -2.45. The summed E-state index contributed by atoms with van der Waals surface area (Å²) in [7, 11) is 0. The Morgan fingerprint density at radius 1 is 1.27 bits per heavy atom. The Balaban J connectivity index is 1.54. The molecule has 2 N–H and O–H groups in total. The Morgan fingerprint density at radius 2 is 1.97 bits per heavy atom.